The minimum absolute atomic E-state index is 0.0524. The topological polar surface area (TPSA) is 81.5 Å². The molecular formula is C13H17ClN2O4. The number of benzene rings is 1. The summed E-state index contributed by atoms with van der Waals surface area (Å²) in [5, 5.41) is 13.5. The number of nitrogens with zero attached hydrogens (tertiary/aromatic N) is 1. The Balaban J connectivity index is 2.89. The van der Waals surface area contributed by atoms with E-state index in [1.54, 1.807) is 7.11 Å². The Labute approximate surface area is 122 Å². The summed E-state index contributed by atoms with van der Waals surface area (Å²) in [5.74, 6) is -0.184. The lowest BCUT2D eigenvalue weighted by molar-refractivity contribution is -0.384. The molecule has 0 saturated carbocycles. The predicted octanol–water partition coefficient (Wildman–Crippen LogP) is 2.65. The Bertz CT molecular complexity index is 505. The fourth-order valence-electron chi connectivity index (χ4n) is 1.63. The Kier molecular flexibility index (Phi) is 5.91. The van der Waals surface area contributed by atoms with E-state index in [-0.39, 0.29) is 34.1 Å². The lowest BCUT2D eigenvalue weighted by atomic mass is 10.0. The Morgan fingerprint density at radius 3 is 2.60 bits per heavy atom. The van der Waals surface area contributed by atoms with E-state index in [0.29, 0.717) is 6.61 Å². The van der Waals surface area contributed by atoms with Gasteiger partial charge in [0.1, 0.15) is 0 Å². The van der Waals surface area contributed by atoms with E-state index < -0.39 is 4.92 Å². The van der Waals surface area contributed by atoms with Crippen molar-refractivity contribution in [2.75, 3.05) is 13.7 Å². The zero-order valence-electron chi connectivity index (χ0n) is 11.6. The number of nitro groups is 1. The van der Waals surface area contributed by atoms with Crippen LogP contribution >= 0.6 is 11.6 Å². The second kappa shape index (κ2) is 7.21. The minimum atomic E-state index is -0.560. The molecule has 110 valence electrons. The van der Waals surface area contributed by atoms with Crippen LogP contribution in [0.2, 0.25) is 5.02 Å². The van der Waals surface area contributed by atoms with Crippen LogP contribution in [0.4, 0.5) is 5.69 Å². The third kappa shape index (κ3) is 4.18. The number of rotatable bonds is 6. The highest BCUT2D eigenvalue weighted by Crippen LogP contribution is 2.22. The van der Waals surface area contributed by atoms with Crippen molar-refractivity contribution in [3.8, 4) is 0 Å². The first-order chi connectivity index (χ1) is 9.36. The highest BCUT2D eigenvalue weighted by atomic mass is 35.5. The molecule has 0 radical (unpaired) electrons. The van der Waals surface area contributed by atoms with E-state index in [4.69, 9.17) is 16.3 Å². The van der Waals surface area contributed by atoms with E-state index in [2.05, 4.69) is 5.32 Å². The van der Waals surface area contributed by atoms with Crippen molar-refractivity contribution in [2.24, 2.45) is 5.92 Å². The van der Waals surface area contributed by atoms with Gasteiger partial charge >= 0.3 is 0 Å². The number of halogens is 1. The molecule has 7 heteroatoms. The van der Waals surface area contributed by atoms with Gasteiger partial charge < -0.3 is 10.1 Å². The average Bonchev–Trinajstić information content (AvgIpc) is 2.37. The fraction of sp³-hybridized carbons (Fsp3) is 0.462. The lowest BCUT2D eigenvalue weighted by Crippen LogP contribution is -2.41. The number of hydrogen-bond acceptors (Lipinski definition) is 4. The molecular weight excluding hydrogens is 284 g/mol. The highest BCUT2D eigenvalue weighted by molar-refractivity contribution is 6.34. The summed E-state index contributed by atoms with van der Waals surface area (Å²) in [4.78, 5) is 22.2. The summed E-state index contributed by atoms with van der Waals surface area (Å²) in [5.41, 5.74) is 0.0582. The number of non-ortho nitro benzene ring substituents is 1. The van der Waals surface area contributed by atoms with Crippen LogP contribution in [-0.4, -0.2) is 30.6 Å². The summed E-state index contributed by atoms with van der Waals surface area (Å²) < 4.78 is 5.05. The van der Waals surface area contributed by atoms with Gasteiger partial charge in [0.2, 0.25) is 0 Å². The van der Waals surface area contributed by atoms with Crippen molar-refractivity contribution < 1.29 is 14.5 Å². The average molecular weight is 301 g/mol. The summed E-state index contributed by atoms with van der Waals surface area (Å²) in [6.07, 6.45) is 0. The first-order valence-electron chi connectivity index (χ1n) is 6.10. The monoisotopic (exact) mass is 300 g/mol. The van der Waals surface area contributed by atoms with E-state index in [1.807, 2.05) is 13.8 Å². The van der Waals surface area contributed by atoms with Crippen LogP contribution < -0.4 is 5.32 Å². The maximum absolute atomic E-state index is 12.1. The molecule has 0 aliphatic heterocycles. The normalized spacial score (nSPS) is 12.2. The van der Waals surface area contributed by atoms with Gasteiger partial charge in [-0.2, -0.15) is 0 Å². The standard InChI is InChI=1S/C13H17ClN2O4/c1-8(2)12(7-20-3)15-13(17)10-5-4-9(16(18)19)6-11(10)14/h4-6,8,12H,7H2,1-3H3,(H,15,17). The molecule has 0 aliphatic rings. The molecule has 20 heavy (non-hydrogen) atoms. The first kappa shape index (κ1) is 16.4. The Hall–Kier alpha value is -1.66. The Morgan fingerprint density at radius 1 is 1.50 bits per heavy atom. The number of carbonyl (C=O) groups excluding carboxylic acids is 1. The first-order valence-corrected chi connectivity index (χ1v) is 6.48. The third-order valence-electron chi connectivity index (χ3n) is 2.88. The van der Waals surface area contributed by atoms with Gasteiger partial charge in [0, 0.05) is 19.2 Å². The van der Waals surface area contributed by atoms with Gasteiger partial charge in [0.25, 0.3) is 11.6 Å². The van der Waals surface area contributed by atoms with Gasteiger partial charge in [0.05, 0.1) is 28.2 Å². The molecule has 1 aromatic carbocycles. The molecule has 0 heterocycles. The highest BCUT2D eigenvalue weighted by Gasteiger charge is 2.20. The maximum Gasteiger partial charge on any atom is 0.270 e. The van der Waals surface area contributed by atoms with Gasteiger partial charge in [0.15, 0.2) is 0 Å². The summed E-state index contributed by atoms with van der Waals surface area (Å²) in [7, 11) is 1.56. The van der Waals surface area contributed by atoms with Crippen LogP contribution in [0.3, 0.4) is 0 Å². The molecule has 1 amide bonds. The van der Waals surface area contributed by atoms with Crippen molar-refractivity contribution in [3.05, 3.63) is 38.9 Å². The van der Waals surface area contributed by atoms with Gasteiger partial charge in [-0.05, 0) is 12.0 Å². The lowest BCUT2D eigenvalue weighted by Gasteiger charge is -2.21. The predicted molar refractivity (Wildman–Crippen MR) is 76.1 cm³/mol. The second-order valence-electron chi connectivity index (χ2n) is 4.70. The van der Waals surface area contributed by atoms with Crippen LogP contribution in [0, 0.1) is 16.0 Å². The van der Waals surface area contributed by atoms with Crippen molar-refractivity contribution in [1.82, 2.24) is 5.32 Å². The molecule has 1 rings (SSSR count). The van der Waals surface area contributed by atoms with Crippen LogP contribution in [0.1, 0.15) is 24.2 Å². The Morgan fingerprint density at radius 2 is 2.15 bits per heavy atom. The van der Waals surface area contributed by atoms with Crippen molar-refractivity contribution >= 4 is 23.2 Å². The molecule has 1 N–H and O–H groups in total. The van der Waals surface area contributed by atoms with Crippen LogP contribution in [0.25, 0.3) is 0 Å². The van der Waals surface area contributed by atoms with Crippen LogP contribution in [0.5, 0.6) is 0 Å². The number of amides is 1. The van der Waals surface area contributed by atoms with Gasteiger partial charge in [-0.15, -0.1) is 0 Å². The van der Waals surface area contributed by atoms with Crippen molar-refractivity contribution in [1.29, 1.82) is 0 Å². The molecule has 0 bridgehead atoms. The number of nitro benzene ring substituents is 1. The number of nitrogens with one attached hydrogen (secondary N) is 1. The number of methoxy groups -OCH3 is 1. The number of ether oxygens (including phenoxy) is 1. The van der Waals surface area contributed by atoms with Gasteiger partial charge in [-0.1, -0.05) is 25.4 Å². The molecule has 0 fully saturated rings. The minimum Gasteiger partial charge on any atom is -0.383 e. The molecule has 1 atom stereocenters. The SMILES string of the molecule is COCC(NC(=O)c1ccc([N+](=O)[O-])cc1Cl)C(C)C. The molecule has 0 saturated heterocycles. The van der Waals surface area contributed by atoms with Gasteiger partial charge in [-0.3, -0.25) is 14.9 Å². The maximum atomic E-state index is 12.1. The van der Waals surface area contributed by atoms with Gasteiger partial charge in [-0.25, -0.2) is 0 Å². The van der Waals surface area contributed by atoms with Crippen molar-refractivity contribution in [3.63, 3.8) is 0 Å². The smallest absolute Gasteiger partial charge is 0.270 e. The zero-order chi connectivity index (χ0) is 15.3. The number of hydrogen-bond donors (Lipinski definition) is 1. The largest absolute Gasteiger partial charge is 0.383 e. The third-order valence-corrected chi connectivity index (χ3v) is 3.19. The molecule has 0 aliphatic carbocycles. The summed E-state index contributed by atoms with van der Waals surface area (Å²) in [6.45, 7) is 4.30. The van der Waals surface area contributed by atoms with E-state index in [9.17, 15) is 14.9 Å². The van der Waals surface area contributed by atoms with Crippen LogP contribution in [-0.2, 0) is 4.74 Å². The molecule has 0 spiro atoms. The van der Waals surface area contributed by atoms with Crippen LogP contribution in [0.15, 0.2) is 18.2 Å². The molecule has 1 aromatic rings. The number of carbonyl (C=O) groups is 1. The van der Waals surface area contributed by atoms with E-state index in [0.717, 1.165) is 6.07 Å². The molecule has 0 aromatic heterocycles. The quantitative estimate of drug-likeness (QED) is 0.647. The molecule has 1 unspecified atom stereocenters. The van der Waals surface area contributed by atoms with E-state index in [1.165, 1.54) is 12.1 Å². The van der Waals surface area contributed by atoms with E-state index >= 15 is 0 Å². The second-order valence-corrected chi connectivity index (χ2v) is 5.11. The summed E-state index contributed by atoms with van der Waals surface area (Å²) in [6, 6.07) is 3.61. The zero-order valence-corrected chi connectivity index (χ0v) is 12.3. The summed E-state index contributed by atoms with van der Waals surface area (Å²) >= 11 is 5.91. The van der Waals surface area contributed by atoms with Crippen molar-refractivity contribution in [2.45, 2.75) is 19.9 Å². The molecule has 6 nitrogen and oxygen atoms in total. The fourth-order valence-corrected chi connectivity index (χ4v) is 1.89.